The van der Waals surface area contributed by atoms with Crippen LogP contribution in [-0.2, 0) is 100 Å². The van der Waals surface area contributed by atoms with E-state index in [4.69, 9.17) is 112 Å². The van der Waals surface area contributed by atoms with E-state index in [2.05, 4.69) is 107 Å². The second-order valence-corrected chi connectivity index (χ2v) is 39.8. The first kappa shape index (κ1) is 115. The second-order valence-electron chi connectivity index (χ2n) is 37.0. The Labute approximate surface area is 885 Å². The molecule has 799 valence electrons. The third-order valence-corrected chi connectivity index (χ3v) is 25.9. The molecule has 17 heterocycles. The first-order chi connectivity index (χ1) is 69.6. The Morgan fingerprint density at radius 1 is 0.497 bits per heavy atom. The van der Waals surface area contributed by atoms with Gasteiger partial charge >= 0.3 is 59.7 Å². The Morgan fingerprint density at radius 3 is 1.12 bits per heavy atom. The molecular formula is C90H125BCl3F3N26NaO22S. The van der Waals surface area contributed by atoms with E-state index in [9.17, 15) is 45.6 Å². The number of nitrogens with one attached hydrogen (secondary N) is 2. The standard InChI is InChI=1S/C26H36N8O5S.C19H27ClN6O2.C18H25ClN6O4.C13H17ClN6O2.C6H10O.C4H6O4.C2H3BO2.C2HF3O2.Na/c1-32-23-21(28-26(32)39-19-15-34(16-19)18-7-5-4-6-8-18)24(33-9-11-38-12-10-33)30-22(29-23)17-13-20(31-40(3,35)36)25(37-2)27-14-17;1-24-16-15(17(23-18(20)22-16)25-7-9-27-10-8-25)21-19(24)28-14-11-26(12-14)13-5-3-2-4-6-13;1-18(2,3)29-17(26)25-9-11(10-25)28-16-20-12-13(23(16)4)21-15(19)22-14(12)24-5-7-27-8-6-24;1-19-10-9(16-13(19)22-8-6-15-7-8)11(18-12(14)17-10)20-2-4-21-5-3-20;7-6-4-2-1-3-5-6;1-3(5)7-8-4(2)6;1-2(4)5-3;3-2(4,5)1(6)7;/h13-14,18-19,31H,4-12,15-16H2,1-3H3;13-14H,2-12H2,1H3;11H,5-10H2,1-4H3;8,15H,2-7H2,1H3;1-5H2;1-2H3;1H3;(H,6,7);/q;;;;;;-1;;+1. The molecule has 0 atom stereocenters. The molecule has 57 heteroatoms. The zero-order chi connectivity index (χ0) is 105. The van der Waals surface area contributed by atoms with Crippen molar-refractivity contribution >= 4 is 162 Å². The summed E-state index contributed by atoms with van der Waals surface area (Å²) in [6, 6.07) is 5.11. The summed E-state index contributed by atoms with van der Waals surface area (Å²) >= 11 is 18.5. The number of carbonyl (C=O) groups is 6. The smallest absolute Gasteiger partial charge is 0.793 e. The predicted molar refractivity (Wildman–Crippen MR) is 529 cm³/mol. The summed E-state index contributed by atoms with van der Waals surface area (Å²) in [5.41, 5.74) is 5.60. The number of hydrogen-bond donors (Lipinski definition) is 3. The normalized spacial score (nSPS) is 18.4. The molecule has 9 aromatic heterocycles. The number of aliphatic carboxylic acids is 1. The van der Waals surface area contributed by atoms with Crippen molar-refractivity contribution in [2.24, 2.45) is 28.2 Å². The number of likely N-dealkylation sites (tertiary alicyclic amines) is 3. The Kier molecular flexibility index (Phi) is 41.8. The van der Waals surface area contributed by atoms with Crippen molar-refractivity contribution in [1.82, 2.24) is 103 Å². The topological polar surface area (TPSA) is 511 Å². The Morgan fingerprint density at radius 2 is 0.823 bits per heavy atom. The molecule has 3 N–H and O–H groups in total. The first-order valence-corrected chi connectivity index (χ1v) is 51.3. The zero-order valence-corrected chi connectivity index (χ0v) is 89.8. The number of halogens is 6. The third kappa shape index (κ3) is 32.3. The minimum Gasteiger partial charge on any atom is -0.793 e. The van der Waals surface area contributed by atoms with Gasteiger partial charge in [0, 0.05) is 177 Å². The summed E-state index contributed by atoms with van der Waals surface area (Å²) in [5.74, 6) is -0.622. The van der Waals surface area contributed by atoms with E-state index in [0.29, 0.717) is 185 Å². The largest absolute Gasteiger partial charge is 1.00 e. The molecule has 20 rings (SSSR count). The molecule has 0 unspecified atom stereocenters. The predicted octanol–water partition coefficient (Wildman–Crippen LogP) is 5.16. The third-order valence-electron chi connectivity index (χ3n) is 24.8. The monoisotopic (exact) mass is 2150 g/mol. The number of nitrogens with zero attached hydrogens (tertiary/aromatic N) is 24. The van der Waals surface area contributed by atoms with Gasteiger partial charge in [0.05, 0.1) is 79.3 Å². The van der Waals surface area contributed by atoms with Gasteiger partial charge in [-0.25, -0.2) is 52.3 Å². The van der Waals surface area contributed by atoms with Crippen LogP contribution in [0.2, 0.25) is 15.9 Å². The fraction of sp³-hybridized carbons (Fsp3) is 0.656. The van der Waals surface area contributed by atoms with Crippen molar-refractivity contribution in [3.63, 3.8) is 0 Å². The van der Waals surface area contributed by atoms with E-state index < -0.39 is 45.7 Å². The molecule has 147 heavy (non-hydrogen) atoms. The summed E-state index contributed by atoms with van der Waals surface area (Å²) < 4.78 is 126. The molecule has 0 aromatic carbocycles. The van der Waals surface area contributed by atoms with Crippen molar-refractivity contribution in [1.29, 1.82) is 0 Å². The molecule has 0 bridgehead atoms. The van der Waals surface area contributed by atoms with Crippen LogP contribution in [0.25, 0.3) is 56.0 Å². The van der Waals surface area contributed by atoms with Crippen LogP contribution in [0.15, 0.2) is 12.3 Å². The maximum absolute atomic E-state index is 12.1. The van der Waals surface area contributed by atoms with Crippen LogP contribution in [0.3, 0.4) is 0 Å². The van der Waals surface area contributed by atoms with Crippen LogP contribution < -0.4 is 82.9 Å². The number of alkyl halides is 3. The van der Waals surface area contributed by atoms with Crippen molar-refractivity contribution in [2.75, 3.05) is 195 Å². The second kappa shape index (κ2) is 53.3. The number of aryl methyl sites for hydroxylation is 4. The zero-order valence-electron chi connectivity index (χ0n) is 84.7. The van der Waals surface area contributed by atoms with Gasteiger partial charge in [0.15, 0.2) is 73.8 Å². The SMILES string of the molecule is CC(=O)OOC(C)=O.COc1ncc(-c2nc(N3CCOCC3)c3nc(OC4CN(C5CCCCC5)C4)n(C)c3n2)cc1NS(C)(=O)=O.Cn1c(OC2CN(C(=O)OC(C)(C)C)C2)nc2c(N3CCOCC3)nc(Cl)nc21.Cn1c(OC2CN(C3CCCCC3)C2)nc2c(N3CCOCC3)nc(Cl)nc21.Cn1c(OC2CNC2)nc2c(N3CCOCC3)nc(Cl)nc21.O=C(O)C(F)(F)F.O=C1CCCCC1.[B-]OC(C)=O.[Na+]. The van der Waals surface area contributed by atoms with Crippen LogP contribution >= 0.6 is 34.8 Å². The van der Waals surface area contributed by atoms with E-state index in [1.54, 1.807) is 21.7 Å². The van der Waals surface area contributed by atoms with Crippen LogP contribution in [0.4, 0.5) is 46.9 Å². The molecule has 3 radical (unpaired) electrons. The number of Topliss-reactive ketones (excluding diaryl/α,β-unsaturated/α-hetero) is 1. The molecular weight excluding hydrogens is 2030 g/mol. The summed E-state index contributed by atoms with van der Waals surface area (Å²) in [5, 5.41) is 10.9. The van der Waals surface area contributed by atoms with Gasteiger partial charge in [0.1, 0.15) is 41.5 Å². The number of sulfonamides is 1. The number of fused-ring (bicyclic) bond motifs is 4. The number of carboxylic acids is 1. The maximum atomic E-state index is 12.1. The molecule has 3 aliphatic carbocycles. The van der Waals surface area contributed by atoms with Crippen LogP contribution in [0, 0.1) is 0 Å². The van der Waals surface area contributed by atoms with Gasteiger partial charge in [0.25, 0.3) is 24.0 Å². The number of pyridine rings is 1. The van der Waals surface area contributed by atoms with E-state index in [1.807, 2.05) is 62.7 Å². The first-order valence-electron chi connectivity index (χ1n) is 48.3. The van der Waals surface area contributed by atoms with Crippen molar-refractivity contribution in [2.45, 2.75) is 186 Å². The van der Waals surface area contributed by atoms with E-state index >= 15 is 0 Å². The molecule has 11 fully saturated rings. The maximum Gasteiger partial charge on any atom is 1.00 e. The number of ether oxygens (including phenoxy) is 10. The molecule has 11 aliphatic rings. The molecule has 8 aliphatic heterocycles. The summed E-state index contributed by atoms with van der Waals surface area (Å²) in [6.45, 7) is 26.4. The number of carboxylic acid groups (broad SMARTS) is 1. The number of carbonyl (C=O) groups excluding carboxylic acids is 5. The van der Waals surface area contributed by atoms with Crippen molar-refractivity contribution in [3.05, 3.63) is 28.1 Å². The van der Waals surface area contributed by atoms with E-state index in [-0.39, 0.29) is 87.5 Å². The Balaban J connectivity index is 0.000000162. The summed E-state index contributed by atoms with van der Waals surface area (Å²) in [7, 11) is 9.71. The van der Waals surface area contributed by atoms with Crippen LogP contribution in [0.1, 0.15) is 138 Å². The molecule has 0 spiro atoms. The van der Waals surface area contributed by atoms with Gasteiger partial charge in [0.2, 0.25) is 37.7 Å². The molecule has 1 amide bonds. The minimum absolute atomic E-state index is 0. The van der Waals surface area contributed by atoms with Crippen molar-refractivity contribution in [3.8, 4) is 41.3 Å². The number of amides is 1. The molecule has 3 saturated carbocycles. The fourth-order valence-corrected chi connectivity index (χ4v) is 18.2. The van der Waals surface area contributed by atoms with Crippen LogP contribution in [-0.4, -0.2) is 374 Å². The van der Waals surface area contributed by atoms with Gasteiger partial charge in [-0.2, -0.15) is 63.0 Å². The van der Waals surface area contributed by atoms with Gasteiger partial charge in [-0.15, -0.1) is 0 Å². The number of methoxy groups -OCH3 is 1. The Bertz CT molecular complexity index is 6060. The average Bonchev–Trinajstić information content (AvgIpc) is 1.64. The summed E-state index contributed by atoms with van der Waals surface area (Å²) in [6.07, 6.45) is 16.1. The van der Waals surface area contributed by atoms with Gasteiger partial charge < -0.3 is 95.0 Å². The number of anilines is 5. The van der Waals surface area contributed by atoms with Gasteiger partial charge in [-0.05, 0) is 100 Å². The number of ketones is 1. The van der Waals surface area contributed by atoms with E-state index in [0.717, 1.165) is 140 Å². The quantitative estimate of drug-likeness (QED) is 0.0432. The van der Waals surface area contributed by atoms with Gasteiger partial charge in [-0.1, -0.05) is 44.9 Å². The molecule has 48 nitrogen and oxygen atoms in total. The number of imidazole rings is 4. The van der Waals surface area contributed by atoms with Crippen molar-refractivity contribution < 1.29 is 147 Å². The Hall–Kier alpha value is -10.4. The summed E-state index contributed by atoms with van der Waals surface area (Å²) in [4.78, 5) is 143. The number of aromatic nitrogens is 17. The molecule has 8 saturated heterocycles. The number of rotatable bonds is 18. The van der Waals surface area contributed by atoms with Crippen LogP contribution in [0.5, 0.6) is 29.9 Å². The number of morpholine rings is 4. The average molecular weight is 2150 g/mol. The van der Waals surface area contributed by atoms with E-state index in [1.165, 1.54) is 84.7 Å². The van der Waals surface area contributed by atoms with Gasteiger partial charge in [-0.3, -0.25) is 42.4 Å². The number of hydrogen-bond acceptors (Lipinski definition) is 41. The minimum atomic E-state index is -5.08. The molecule has 9 aromatic rings. The fourth-order valence-electron chi connectivity index (χ4n) is 17.1.